The number of amides is 1. The quantitative estimate of drug-likeness (QED) is 0.452. The third kappa shape index (κ3) is 3.99. The summed E-state index contributed by atoms with van der Waals surface area (Å²) in [5.74, 6) is -0.351. The van der Waals surface area contributed by atoms with Gasteiger partial charge in [-0.25, -0.2) is 4.39 Å². The first-order chi connectivity index (χ1) is 15.1. The number of halogens is 2. The molecule has 4 aromatic rings. The number of aromatic nitrogens is 1. The monoisotopic (exact) mass is 435 g/mol. The zero-order valence-corrected chi connectivity index (χ0v) is 17.3. The van der Waals surface area contributed by atoms with Crippen LogP contribution in [0.2, 0.25) is 5.02 Å². The lowest BCUT2D eigenvalue weighted by atomic mass is 9.99. The molecule has 1 amide bonds. The second kappa shape index (κ2) is 8.04. The van der Waals surface area contributed by atoms with Gasteiger partial charge in [0.2, 0.25) is 0 Å². The highest BCUT2D eigenvalue weighted by atomic mass is 35.5. The minimum absolute atomic E-state index is 0.0328. The third-order valence-electron chi connectivity index (χ3n) is 5.47. The molecule has 1 aliphatic heterocycles. The molecule has 0 saturated carbocycles. The first-order valence-corrected chi connectivity index (χ1v) is 10.4. The molecule has 1 fully saturated rings. The molecule has 1 saturated heterocycles. The summed E-state index contributed by atoms with van der Waals surface area (Å²) in [7, 11) is 0. The Morgan fingerprint density at radius 2 is 1.94 bits per heavy atom. The molecule has 0 unspecified atom stereocenters. The van der Waals surface area contributed by atoms with Crippen LogP contribution in [-0.2, 0) is 0 Å². The molecule has 5 nitrogen and oxygen atoms in total. The number of rotatable bonds is 4. The zero-order chi connectivity index (χ0) is 21.4. The molecular formula is C24H19ClFN3O2. The minimum Gasteiger partial charge on any atom is -0.423 e. The van der Waals surface area contributed by atoms with E-state index in [-0.39, 0.29) is 17.8 Å². The first-order valence-electron chi connectivity index (χ1n) is 10.0. The van der Waals surface area contributed by atoms with Crippen LogP contribution in [0.5, 0.6) is 0 Å². The highest BCUT2D eigenvalue weighted by Gasteiger charge is 2.29. The Bertz CT molecular complexity index is 1260. The number of oxazole rings is 1. The van der Waals surface area contributed by atoms with E-state index in [0.717, 1.165) is 23.1 Å². The number of anilines is 1. The number of hydrogen-bond acceptors (Lipinski definition) is 4. The Morgan fingerprint density at radius 1 is 1.13 bits per heavy atom. The van der Waals surface area contributed by atoms with E-state index in [9.17, 15) is 9.18 Å². The largest absolute Gasteiger partial charge is 0.423 e. The number of carbonyl (C=O) groups excluding carboxylic acids is 1. The van der Waals surface area contributed by atoms with Crippen molar-refractivity contribution in [1.29, 1.82) is 0 Å². The van der Waals surface area contributed by atoms with Crippen LogP contribution >= 0.6 is 11.6 Å². The van der Waals surface area contributed by atoms with Crippen molar-refractivity contribution < 1.29 is 13.6 Å². The Morgan fingerprint density at radius 3 is 2.77 bits per heavy atom. The zero-order valence-electron chi connectivity index (χ0n) is 16.5. The fourth-order valence-corrected chi connectivity index (χ4v) is 4.08. The lowest BCUT2D eigenvalue weighted by molar-refractivity contribution is 0.0792. The molecule has 7 heteroatoms. The van der Waals surface area contributed by atoms with Gasteiger partial charge in [-0.15, -0.1) is 0 Å². The summed E-state index contributed by atoms with van der Waals surface area (Å²) < 4.78 is 19.1. The molecule has 0 bridgehead atoms. The Kier molecular flexibility index (Phi) is 5.08. The number of hydrogen-bond donors (Lipinski definition) is 1. The highest BCUT2D eigenvalue weighted by Crippen LogP contribution is 2.28. The number of likely N-dealkylation sites (tertiary alicyclic amines) is 1. The minimum atomic E-state index is -0.303. The van der Waals surface area contributed by atoms with Crippen molar-refractivity contribution in [3.05, 3.63) is 83.1 Å². The van der Waals surface area contributed by atoms with Crippen LogP contribution in [0.1, 0.15) is 16.8 Å². The van der Waals surface area contributed by atoms with Gasteiger partial charge in [-0.2, -0.15) is 4.98 Å². The topological polar surface area (TPSA) is 58.4 Å². The van der Waals surface area contributed by atoms with Gasteiger partial charge in [-0.1, -0.05) is 41.9 Å². The van der Waals surface area contributed by atoms with Gasteiger partial charge in [0.05, 0.1) is 0 Å². The van der Waals surface area contributed by atoms with E-state index in [1.54, 1.807) is 24.3 Å². The van der Waals surface area contributed by atoms with Crippen molar-refractivity contribution in [2.24, 2.45) is 0 Å². The molecule has 0 spiro atoms. The van der Waals surface area contributed by atoms with Crippen molar-refractivity contribution in [3.8, 4) is 11.1 Å². The van der Waals surface area contributed by atoms with Crippen LogP contribution in [0.3, 0.4) is 0 Å². The van der Waals surface area contributed by atoms with Crippen molar-refractivity contribution >= 4 is 34.6 Å². The Labute approximate surface area is 183 Å². The summed E-state index contributed by atoms with van der Waals surface area (Å²) in [5, 5.41) is 3.87. The van der Waals surface area contributed by atoms with Crippen LogP contribution in [0.25, 0.3) is 22.2 Å². The van der Waals surface area contributed by atoms with E-state index in [4.69, 9.17) is 16.0 Å². The summed E-state index contributed by atoms with van der Waals surface area (Å²) >= 11 is 6.00. The molecule has 31 heavy (non-hydrogen) atoms. The van der Waals surface area contributed by atoms with Gasteiger partial charge < -0.3 is 14.6 Å². The molecule has 1 atom stereocenters. The average molecular weight is 436 g/mol. The van der Waals surface area contributed by atoms with E-state index < -0.39 is 0 Å². The number of benzene rings is 3. The maximum atomic E-state index is 13.3. The van der Waals surface area contributed by atoms with Gasteiger partial charge in [-0.05, 0) is 47.9 Å². The predicted octanol–water partition coefficient (Wildman–Crippen LogP) is 5.61. The number of nitrogens with one attached hydrogen (secondary N) is 1. The smallest absolute Gasteiger partial charge is 0.295 e. The molecule has 5 rings (SSSR count). The Hall–Kier alpha value is -3.38. The van der Waals surface area contributed by atoms with Crippen molar-refractivity contribution in [1.82, 2.24) is 9.88 Å². The van der Waals surface area contributed by atoms with Crippen molar-refractivity contribution in [2.75, 3.05) is 18.4 Å². The first kappa shape index (κ1) is 19.6. The second-order valence-electron chi connectivity index (χ2n) is 7.56. The average Bonchev–Trinajstić information content (AvgIpc) is 3.40. The van der Waals surface area contributed by atoms with E-state index in [1.165, 1.54) is 12.1 Å². The standard InChI is InChI=1S/C24H19ClFN3O2/c25-16-7-10-21-22(13-16)31-24(28-21)27-18-11-12-29(14-18)23(30)20-4-2-1-3-19(20)15-5-8-17(26)9-6-15/h1-10,13,18H,11-12,14H2,(H,27,28)/t18-/m1/s1. The van der Waals surface area contributed by atoms with Crippen LogP contribution in [0.15, 0.2) is 71.1 Å². The highest BCUT2D eigenvalue weighted by molar-refractivity contribution is 6.31. The van der Waals surface area contributed by atoms with E-state index in [1.807, 2.05) is 35.2 Å². The van der Waals surface area contributed by atoms with Gasteiger partial charge in [0.1, 0.15) is 11.3 Å². The summed E-state index contributed by atoms with van der Waals surface area (Å²) in [4.78, 5) is 19.5. The lowest BCUT2D eigenvalue weighted by Gasteiger charge is -2.19. The van der Waals surface area contributed by atoms with Crippen LogP contribution in [0.4, 0.5) is 10.4 Å². The third-order valence-corrected chi connectivity index (χ3v) is 5.70. The molecule has 3 aromatic carbocycles. The maximum Gasteiger partial charge on any atom is 0.295 e. The van der Waals surface area contributed by atoms with E-state index >= 15 is 0 Å². The molecule has 0 radical (unpaired) electrons. The fourth-order valence-electron chi connectivity index (χ4n) is 3.92. The molecule has 0 aliphatic carbocycles. The predicted molar refractivity (Wildman–Crippen MR) is 119 cm³/mol. The van der Waals surface area contributed by atoms with Crippen LogP contribution < -0.4 is 5.32 Å². The van der Waals surface area contributed by atoms with Crippen LogP contribution in [0, 0.1) is 5.82 Å². The molecule has 1 aromatic heterocycles. The molecular weight excluding hydrogens is 417 g/mol. The SMILES string of the molecule is O=C(c1ccccc1-c1ccc(F)cc1)N1CC[C@@H](Nc2nc3ccc(Cl)cc3o2)C1. The molecule has 1 N–H and O–H groups in total. The van der Waals surface area contributed by atoms with E-state index in [2.05, 4.69) is 10.3 Å². The van der Waals surface area contributed by atoms with Crippen molar-refractivity contribution in [3.63, 3.8) is 0 Å². The molecule has 2 heterocycles. The lowest BCUT2D eigenvalue weighted by Crippen LogP contribution is -2.32. The summed E-state index contributed by atoms with van der Waals surface area (Å²) in [6, 6.07) is 19.4. The van der Waals surface area contributed by atoms with E-state index in [0.29, 0.717) is 35.3 Å². The normalized spacial score (nSPS) is 16.1. The number of nitrogens with zero attached hydrogens (tertiary/aromatic N) is 2. The molecule has 156 valence electrons. The van der Waals surface area contributed by atoms with Crippen molar-refractivity contribution in [2.45, 2.75) is 12.5 Å². The summed E-state index contributed by atoms with van der Waals surface area (Å²) in [6.45, 7) is 1.16. The number of carbonyl (C=O) groups is 1. The van der Waals surface area contributed by atoms with Gasteiger partial charge >= 0.3 is 0 Å². The van der Waals surface area contributed by atoms with Gasteiger partial charge in [0.15, 0.2) is 5.58 Å². The van der Waals surface area contributed by atoms with Gasteiger partial charge in [0, 0.05) is 35.8 Å². The second-order valence-corrected chi connectivity index (χ2v) is 8.00. The van der Waals surface area contributed by atoms with Crippen LogP contribution in [-0.4, -0.2) is 34.9 Å². The van der Waals surface area contributed by atoms with Gasteiger partial charge in [0.25, 0.3) is 11.9 Å². The van der Waals surface area contributed by atoms with Gasteiger partial charge in [-0.3, -0.25) is 4.79 Å². The number of fused-ring (bicyclic) bond motifs is 1. The summed E-state index contributed by atoms with van der Waals surface area (Å²) in [6.07, 6.45) is 0.782. The molecule has 1 aliphatic rings. The fraction of sp³-hybridized carbons (Fsp3) is 0.167. The maximum absolute atomic E-state index is 13.3. The summed E-state index contributed by atoms with van der Waals surface area (Å²) in [5.41, 5.74) is 3.55. The Balaban J connectivity index is 1.32.